The molecule has 124 valence electrons. The zero-order valence-corrected chi connectivity index (χ0v) is 15.1. The average molecular weight is 408 g/mol. The second kappa shape index (κ2) is 7.57. The van der Waals surface area contributed by atoms with Crippen LogP contribution in [0.2, 0.25) is 0 Å². The maximum absolute atomic E-state index is 12.4. The van der Waals surface area contributed by atoms with Gasteiger partial charge in [-0.2, -0.15) is 9.57 Å². The van der Waals surface area contributed by atoms with Gasteiger partial charge in [0.2, 0.25) is 15.9 Å². The number of halogens is 1. The highest BCUT2D eigenvalue weighted by atomic mass is 79.9. The van der Waals surface area contributed by atoms with Gasteiger partial charge in [0.25, 0.3) is 0 Å². The molecule has 8 heteroatoms. The molecule has 24 heavy (non-hydrogen) atoms. The number of anilines is 1. The van der Waals surface area contributed by atoms with E-state index in [1.165, 1.54) is 31.3 Å². The average Bonchev–Trinajstić information content (AvgIpc) is 2.57. The Morgan fingerprint density at radius 2 is 1.83 bits per heavy atom. The van der Waals surface area contributed by atoms with Crippen LogP contribution < -0.4 is 5.32 Å². The summed E-state index contributed by atoms with van der Waals surface area (Å²) < 4.78 is 26.5. The number of benzene rings is 2. The highest BCUT2D eigenvalue weighted by Crippen LogP contribution is 2.21. The summed E-state index contributed by atoms with van der Waals surface area (Å²) in [5.41, 5.74) is 0.926. The van der Waals surface area contributed by atoms with E-state index in [1.54, 1.807) is 24.3 Å². The lowest BCUT2D eigenvalue weighted by Crippen LogP contribution is -2.35. The lowest BCUT2D eigenvalue weighted by molar-refractivity contribution is -0.116. The Labute approximate surface area is 148 Å². The number of nitrogens with one attached hydrogen (secondary N) is 1. The summed E-state index contributed by atoms with van der Waals surface area (Å²) >= 11 is 3.31. The van der Waals surface area contributed by atoms with Crippen molar-refractivity contribution in [3.05, 3.63) is 58.6 Å². The molecule has 0 radical (unpaired) electrons. The molecular formula is C16H14BrN3O3S. The second-order valence-electron chi connectivity index (χ2n) is 4.93. The number of nitriles is 1. The van der Waals surface area contributed by atoms with Gasteiger partial charge in [-0.05, 0) is 52.3 Å². The van der Waals surface area contributed by atoms with Crippen LogP contribution in [0, 0.1) is 11.3 Å². The van der Waals surface area contributed by atoms with Crippen molar-refractivity contribution in [2.24, 2.45) is 0 Å². The first-order valence-electron chi connectivity index (χ1n) is 6.85. The molecule has 0 heterocycles. The first kappa shape index (κ1) is 18.1. The Morgan fingerprint density at radius 1 is 1.21 bits per heavy atom. The van der Waals surface area contributed by atoms with Crippen molar-refractivity contribution >= 4 is 37.5 Å². The highest BCUT2D eigenvalue weighted by molar-refractivity contribution is 9.10. The summed E-state index contributed by atoms with van der Waals surface area (Å²) in [4.78, 5) is 12.1. The lowest BCUT2D eigenvalue weighted by atomic mass is 10.2. The van der Waals surface area contributed by atoms with Crippen LogP contribution in [0.3, 0.4) is 0 Å². The van der Waals surface area contributed by atoms with Gasteiger partial charge in [-0.1, -0.05) is 12.1 Å². The highest BCUT2D eigenvalue weighted by Gasteiger charge is 2.23. The number of sulfonamides is 1. The smallest absolute Gasteiger partial charge is 0.243 e. The molecule has 0 aliphatic rings. The number of likely N-dealkylation sites (N-methyl/N-ethyl adjacent to an activating group) is 1. The Kier molecular flexibility index (Phi) is 5.72. The Hall–Kier alpha value is -2.21. The molecule has 2 aromatic carbocycles. The van der Waals surface area contributed by atoms with Gasteiger partial charge in [-0.3, -0.25) is 4.79 Å². The van der Waals surface area contributed by atoms with Crippen LogP contribution in [-0.4, -0.2) is 32.2 Å². The second-order valence-corrected chi connectivity index (χ2v) is 7.82. The molecule has 2 aromatic rings. The maximum atomic E-state index is 12.4. The van der Waals surface area contributed by atoms with E-state index in [4.69, 9.17) is 5.26 Å². The zero-order valence-electron chi connectivity index (χ0n) is 12.7. The van der Waals surface area contributed by atoms with Gasteiger partial charge in [0.15, 0.2) is 0 Å². The van der Waals surface area contributed by atoms with Crippen LogP contribution in [0.15, 0.2) is 57.9 Å². The van der Waals surface area contributed by atoms with Crippen molar-refractivity contribution in [3.63, 3.8) is 0 Å². The molecule has 1 N–H and O–H groups in total. The number of hydrogen-bond donors (Lipinski definition) is 1. The molecule has 0 unspecified atom stereocenters. The number of carbonyl (C=O) groups is 1. The first-order valence-corrected chi connectivity index (χ1v) is 9.09. The third-order valence-electron chi connectivity index (χ3n) is 3.21. The van der Waals surface area contributed by atoms with E-state index < -0.39 is 15.9 Å². The predicted octanol–water partition coefficient (Wildman–Crippen LogP) is 2.58. The van der Waals surface area contributed by atoms with Crippen molar-refractivity contribution in [2.45, 2.75) is 4.90 Å². The SMILES string of the molecule is CN(CC(=O)Nc1ccccc1Br)S(=O)(=O)c1ccc(C#N)cc1. The van der Waals surface area contributed by atoms with E-state index >= 15 is 0 Å². The van der Waals surface area contributed by atoms with Crippen molar-refractivity contribution in [2.75, 3.05) is 18.9 Å². The van der Waals surface area contributed by atoms with E-state index in [1.807, 2.05) is 6.07 Å². The molecule has 0 fully saturated rings. The van der Waals surface area contributed by atoms with Crippen LogP contribution in [0.1, 0.15) is 5.56 Å². The van der Waals surface area contributed by atoms with Gasteiger partial charge in [-0.25, -0.2) is 8.42 Å². The van der Waals surface area contributed by atoms with Crippen LogP contribution in [0.25, 0.3) is 0 Å². The third kappa shape index (κ3) is 4.20. The third-order valence-corrected chi connectivity index (χ3v) is 5.71. The molecule has 0 saturated heterocycles. The summed E-state index contributed by atoms with van der Waals surface area (Å²) in [6, 6.07) is 14.5. The quantitative estimate of drug-likeness (QED) is 0.824. The number of rotatable bonds is 5. The van der Waals surface area contributed by atoms with Crippen molar-refractivity contribution in [1.82, 2.24) is 4.31 Å². The largest absolute Gasteiger partial charge is 0.324 e. The summed E-state index contributed by atoms with van der Waals surface area (Å²) in [6.45, 7) is -0.330. The first-order chi connectivity index (χ1) is 11.3. The number of para-hydroxylation sites is 1. The molecule has 0 bridgehead atoms. The van der Waals surface area contributed by atoms with Crippen LogP contribution in [0.4, 0.5) is 5.69 Å². The Bertz CT molecular complexity index is 890. The number of hydrogen-bond acceptors (Lipinski definition) is 4. The van der Waals surface area contributed by atoms with Gasteiger partial charge >= 0.3 is 0 Å². The van der Waals surface area contributed by atoms with Crippen LogP contribution in [-0.2, 0) is 14.8 Å². The van der Waals surface area contributed by atoms with Crippen molar-refractivity contribution < 1.29 is 13.2 Å². The van der Waals surface area contributed by atoms with Crippen LogP contribution >= 0.6 is 15.9 Å². The number of carbonyl (C=O) groups excluding carboxylic acids is 1. The standard InChI is InChI=1S/C16H14BrN3O3S/c1-20(11-16(21)19-15-5-3-2-4-14(15)17)24(22,23)13-8-6-12(10-18)7-9-13/h2-9H,11H2,1H3,(H,19,21). The van der Waals surface area contributed by atoms with Gasteiger partial charge < -0.3 is 5.32 Å². The minimum absolute atomic E-state index is 0.0256. The van der Waals surface area contributed by atoms with Gasteiger partial charge in [0.1, 0.15) is 0 Å². The zero-order chi connectivity index (χ0) is 17.7. The molecule has 2 rings (SSSR count). The molecular weight excluding hydrogens is 394 g/mol. The molecule has 0 spiro atoms. The van der Waals surface area contributed by atoms with Gasteiger partial charge in [0.05, 0.1) is 28.8 Å². The summed E-state index contributed by atoms with van der Waals surface area (Å²) in [6.07, 6.45) is 0. The predicted molar refractivity (Wildman–Crippen MR) is 93.7 cm³/mol. The summed E-state index contributed by atoms with van der Waals surface area (Å²) in [5.74, 6) is -0.457. The van der Waals surface area contributed by atoms with Gasteiger partial charge in [0, 0.05) is 11.5 Å². The Balaban J connectivity index is 2.10. The minimum Gasteiger partial charge on any atom is -0.324 e. The molecule has 6 nitrogen and oxygen atoms in total. The summed E-state index contributed by atoms with van der Waals surface area (Å²) in [5, 5.41) is 11.4. The Morgan fingerprint density at radius 3 is 2.42 bits per heavy atom. The fourth-order valence-electron chi connectivity index (χ4n) is 1.92. The van der Waals surface area contributed by atoms with E-state index in [-0.39, 0.29) is 11.4 Å². The van der Waals surface area contributed by atoms with E-state index in [0.29, 0.717) is 15.7 Å². The minimum atomic E-state index is -3.81. The van der Waals surface area contributed by atoms with Crippen molar-refractivity contribution in [1.29, 1.82) is 5.26 Å². The maximum Gasteiger partial charge on any atom is 0.243 e. The van der Waals surface area contributed by atoms with E-state index in [0.717, 1.165) is 4.31 Å². The fourth-order valence-corrected chi connectivity index (χ4v) is 3.43. The topological polar surface area (TPSA) is 90.3 Å². The lowest BCUT2D eigenvalue weighted by Gasteiger charge is -2.17. The normalized spacial score (nSPS) is 11.1. The monoisotopic (exact) mass is 407 g/mol. The van der Waals surface area contributed by atoms with E-state index in [9.17, 15) is 13.2 Å². The number of nitrogens with zero attached hydrogens (tertiary/aromatic N) is 2. The molecule has 1 amide bonds. The molecule has 0 aliphatic heterocycles. The van der Waals surface area contributed by atoms with E-state index in [2.05, 4.69) is 21.2 Å². The van der Waals surface area contributed by atoms with Gasteiger partial charge in [-0.15, -0.1) is 0 Å². The summed E-state index contributed by atoms with van der Waals surface area (Å²) in [7, 11) is -2.48. The molecule has 0 aliphatic carbocycles. The fraction of sp³-hybridized carbons (Fsp3) is 0.125. The van der Waals surface area contributed by atoms with Crippen LogP contribution in [0.5, 0.6) is 0 Å². The van der Waals surface area contributed by atoms with Crippen molar-refractivity contribution in [3.8, 4) is 6.07 Å². The number of amides is 1. The molecule has 0 saturated carbocycles. The molecule has 0 atom stereocenters. The molecule has 0 aromatic heterocycles.